The number of nitrogens with one attached hydrogen (secondary N) is 2. The molecule has 0 amide bonds. The molecule has 38 heavy (non-hydrogen) atoms. The summed E-state index contributed by atoms with van der Waals surface area (Å²) in [7, 11) is -1.45. The largest absolute Gasteiger partial charge is 0.383 e. The van der Waals surface area contributed by atoms with E-state index >= 15 is 0 Å². The molecule has 3 aliphatic rings. The number of nitriles is 1. The lowest BCUT2D eigenvalue weighted by Crippen LogP contribution is -2.48. The summed E-state index contributed by atoms with van der Waals surface area (Å²) in [5.41, 5.74) is 7.41. The first-order valence-electron chi connectivity index (χ1n) is 13.0. The van der Waals surface area contributed by atoms with Gasteiger partial charge in [0, 0.05) is 37.2 Å². The fourth-order valence-corrected chi connectivity index (χ4v) is 7.37. The summed E-state index contributed by atoms with van der Waals surface area (Å²) in [4.78, 5) is 20.6. The smallest absolute Gasteiger partial charge is 0.261 e. The van der Waals surface area contributed by atoms with Crippen molar-refractivity contribution in [2.75, 3.05) is 5.32 Å². The third-order valence-corrected chi connectivity index (χ3v) is 9.89. The number of alkyl halides is 2. The molecule has 1 aromatic heterocycles. The Morgan fingerprint density at radius 3 is 2.71 bits per heavy atom. The number of hydrogen-bond acceptors (Lipinski definition) is 5. The van der Waals surface area contributed by atoms with Gasteiger partial charge in [0.25, 0.3) is 5.56 Å². The Balaban J connectivity index is 1.39. The van der Waals surface area contributed by atoms with Gasteiger partial charge in [0.05, 0.1) is 28.3 Å². The van der Waals surface area contributed by atoms with Crippen molar-refractivity contribution in [1.29, 1.82) is 5.26 Å². The summed E-state index contributed by atoms with van der Waals surface area (Å²) in [6.07, 6.45) is 5.32. The van der Waals surface area contributed by atoms with Gasteiger partial charge in [-0.2, -0.15) is 5.26 Å². The average molecular weight is 543 g/mol. The molecule has 0 bridgehead atoms. The van der Waals surface area contributed by atoms with E-state index in [1.165, 1.54) is 6.20 Å². The Hall–Kier alpha value is -3.10. The highest BCUT2D eigenvalue weighted by Crippen LogP contribution is 2.45. The molecule has 5 rings (SSSR count). The minimum Gasteiger partial charge on any atom is -0.383 e. The summed E-state index contributed by atoms with van der Waals surface area (Å²) >= 11 is 0. The highest BCUT2D eigenvalue weighted by molar-refractivity contribution is 7.83. The minimum atomic E-state index is -2.66. The van der Waals surface area contributed by atoms with Crippen LogP contribution in [0.3, 0.4) is 0 Å². The monoisotopic (exact) mass is 542 g/mol. The highest BCUT2D eigenvalue weighted by atomic mass is 32.2. The zero-order chi connectivity index (χ0) is 27.1. The number of fused-ring (bicyclic) bond motifs is 1. The van der Waals surface area contributed by atoms with Gasteiger partial charge in [-0.05, 0) is 62.4 Å². The second-order valence-corrected chi connectivity index (χ2v) is 12.2. The van der Waals surface area contributed by atoms with Crippen LogP contribution < -0.4 is 16.6 Å². The maximum Gasteiger partial charge on any atom is 0.261 e. The van der Waals surface area contributed by atoms with E-state index in [-0.39, 0.29) is 49.0 Å². The van der Waals surface area contributed by atoms with Crippen molar-refractivity contribution in [3.8, 4) is 6.07 Å². The van der Waals surface area contributed by atoms with Gasteiger partial charge in [0.15, 0.2) is 0 Å². The predicted molar refractivity (Wildman–Crippen MR) is 143 cm³/mol. The van der Waals surface area contributed by atoms with Gasteiger partial charge in [0.2, 0.25) is 5.92 Å². The lowest BCUT2D eigenvalue weighted by atomic mass is 9.81. The third kappa shape index (κ3) is 5.12. The van der Waals surface area contributed by atoms with Crippen LogP contribution in [0.1, 0.15) is 69.4 Å². The van der Waals surface area contributed by atoms with Crippen LogP contribution in [0.15, 0.2) is 45.1 Å². The number of nitrogens with two attached hydrogens (primary N) is 1. The Morgan fingerprint density at radius 2 is 1.97 bits per heavy atom. The van der Waals surface area contributed by atoms with Gasteiger partial charge in [-0.3, -0.25) is 4.79 Å². The fraction of sp³-hybridized carbons (Fsp3) is 0.519. The van der Waals surface area contributed by atoms with Crippen molar-refractivity contribution in [2.45, 2.75) is 87.2 Å². The molecule has 2 unspecified atom stereocenters. The van der Waals surface area contributed by atoms with E-state index < -0.39 is 28.0 Å². The van der Waals surface area contributed by atoms with Gasteiger partial charge in [-0.1, -0.05) is 12.8 Å². The Morgan fingerprint density at radius 1 is 1.24 bits per heavy atom. The zero-order valence-corrected chi connectivity index (χ0v) is 22.1. The molecule has 2 aliphatic carbocycles. The molecule has 8 nitrogen and oxygen atoms in total. The minimum absolute atomic E-state index is 0.0241. The molecule has 11 heteroatoms. The van der Waals surface area contributed by atoms with E-state index in [9.17, 15) is 23.0 Å². The van der Waals surface area contributed by atoms with Crippen molar-refractivity contribution in [3.05, 3.63) is 51.9 Å². The van der Waals surface area contributed by atoms with Gasteiger partial charge in [-0.15, -0.1) is 0 Å². The third-order valence-electron chi connectivity index (χ3n) is 8.15. The quantitative estimate of drug-likeness (QED) is 0.372. The number of nitrogens with zero attached hydrogens (tertiary/aromatic N) is 3. The Labute approximate surface area is 222 Å². The van der Waals surface area contributed by atoms with Crippen LogP contribution in [0, 0.1) is 17.2 Å². The van der Waals surface area contributed by atoms with Crippen molar-refractivity contribution in [3.63, 3.8) is 0 Å². The number of aromatic nitrogens is 1. The molecule has 3 atom stereocenters. The van der Waals surface area contributed by atoms with Crippen LogP contribution >= 0.6 is 0 Å². The number of pyridine rings is 1. The average Bonchev–Trinajstić information content (AvgIpc) is 3.22. The van der Waals surface area contributed by atoms with E-state index in [1.807, 2.05) is 11.2 Å². The number of anilines is 1. The van der Waals surface area contributed by atoms with Gasteiger partial charge in [-0.25, -0.2) is 22.3 Å². The topological polar surface area (TPSA) is 127 Å². The number of aromatic amines is 1. The second kappa shape index (κ2) is 10.2. The van der Waals surface area contributed by atoms with Gasteiger partial charge >= 0.3 is 0 Å². The first-order chi connectivity index (χ1) is 18.1. The van der Waals surface area contributed by atoms with Gasteiger partial charge in [0.1, 0.15) is 22.4 Å². The number of hydrogen-bond donors (Lipinski definition) is 3. The summed E-state index contributed by atoms with van der Waals surface area (Å²) in [5.74, 6) is -2.79. The number of halogens is 2. The summed E-state index contributed by atoms with van der Waals surface area (Å²) in [6.45, 7) is 2.27. The van der Waals surface area contributed by atoms with E-state index in [4.69, 9.17) is 5.73 Å². The molecule has 4 N–H and O–H groups in total. The number of amidine groups is 1. The second-order valence-electron chi connectivity index (χ2n) is 10.8. The standard InChI is InChI=1S/C27H32F2N6O2S/c1-26(9-11-27(28,29)12-10-26)35-16-18-14-19(6-7-22(18)38(35)37)33-24(31)23-21(8-13-32-25(23)36)34-20-5-3-2-4-17(20)15-30/h6-8,13-14,17,20H,2-5,9-12,16H2,1H3,(H2,31,33)(H2,32,34,36)/t17?,20-,38?/m0/s1. The van der Waals surface area contributed by atoms with Crippen LogP contribution in [-0.2, 0) is 17.5 Å². The van der Waals surface area contributed by atoms with Crippen molar-refractivity contribution in [1.82, 2.24) is 9.29 Å². The van der Waals surface area contributed by atoms with Crippen LogP contribution in [0.5, 0.6) is 0 Å². The normalized spacial score (nSPS) is 26.9. The number of benzene rings is 1. The number of H-pyrrole nitrogens is 1. The molecule has 0 saturated heterocycles. The maximum absolute atomic E-state index is 13.8. The Bertz CT molecular complexity index is 1370. The first kappa shape index (κ1) is 26.5. The van der Waals surface area contributed by atoms with Crippen molar-refractivity contribution < 1.29 is 13.0 Å². The molecule has 2 fully saturated rings. The zero-order valence-electron chi connectivity index (χ0n) is 21.3. The number of rotatable bonds is 5. The van der Waals surface area contributed by atoms with Crippen LogP contribution in [0.2, 0.25) is 0 Å². The maximum atomic E-state index is 13.8. The van der Waals surface area contributed by atoms with E-state index in [1.54, 1.807) is 24.3 Å². The molecule has 2 aromatic rings. The SMILES string of the molecule is CC1(N2Cc3cc(N=C(N)c4c(N[C@H]5CCCCC5C#N)cc[nH]c4=O)ccc3S2=O)CCC(F)(F)CC1. The van der Waals surface area contributed by atoms with E-state index in [0.29, 0.717) is 22.8 Å². The molecule has 202 valence electrons. The Kier molecular flexibility index (Phi) is 7.13. The molecule has 0 radical (unpaired) electrons. The molecule has 2 saturated carbocycles. The summed E-state index contributed by atoms with van der Waals surface area (Å²) < 4.78 is 42.6. The molecule has 1 aromatic carbocycles. The van der Waals surface area contributed by atoms with E-state index in [0.717, 1.165) is 31.2 Å². The van der Waals surface area contributed by atoms with Crippen LogP contribution in [0.25, 0.3) is 0 Å². The molecular weight excluding hydrogens is 510 g/mol. The lowest BCUT2D eigenvalue weighted by Gasteiger charge is -2.42. The molecule has 1 aliphatic heterocycles. The lowest BCUT2D eigenvalue weighted by molar-refractivity contribution is -0.0643. The first-order valence-corrected chi connectivity index (χ1v) is 14.1. The van der Waals surface area contributed by atoms with Crippen LogP contribution in [-0.4, -0.2) is 36.8 Å². The van der Waals surface area contributed by atoms with Crippen LogP contribution in [0.4, 0.5) is 20.2 Å². The van der Waals surface area contributed by atoms with Gasteiger partial charge < -0.3 is 16.0 Å². The summed E-state index contributed by atoms with van der Waals surface area (Å²) in [6, 6.07) is 9.22. The molecular formula is C27H32F2N6O2S. The van der Waals surface area contributed by atoms with Crippen molar-refractivity contribution >= 4 is 28.2 Å². The highest BCUT2D eigenvalue weighted by Gasteiger charge is 2.47. The van der Waals surface area contributed by atoms with Crippen molar-refractivity contribution in [2.24, 2.45) is 16.6 Å². The van der Waals surface area contributed by atoms with E-state index in [2.05, 4.69) is 21.4 Å². The summed E-state index contributed by atoms with van der Waals surface area (Å²) in [5, 5.41) is 12.9. The molecule has 0 spiro atoms. The number of aliphatic imine (C=N–C) groups is 1. The predicted octanol–water partition coefficient (Wildman–Crippen LogP) is 4.71. The molecule has 2 heterocycles. The fourth-order valence-electron chi connectivity index (χ4n) is 5.76.